The lowest BCUT2D eigenvalue weighted by Gasteiger charge is -2.29. The number of anilines is 1. The first kappa shape index (κ1) is 20.9. The molecule has 0 spiro atoms. The molecule has 0 unspecified atom stereocenters. The Balaban J connectivity index is 1.65. The van der Waals surface area contributed by atoms with E-state index in [9.17, 15) is 0 Å². The van der Waals surface area contributed by atoms with E-state index in [4.69, 9.17) is 12.2 Å². The Labute approximate surface area is 202 Å². The van der Waals surface area contributed by atoms with Crippen molar-refractivity contribution >= 4 is 38.9 Å². The highest BCUT2D eigenvalue weighted by Crippen LogP contribution is 2.42. The zero-order chi connectivity index (χ0) is 22.1. The zero-order valence-corrected chi connectivity index (χ0v) is 20.1. The van der Waals surface area contributed by atoms with E-state index in [0.717, 1.165) is 33.7 Å². The van der Waals surface area contributed by atoms with Crippen molar-refractivity contribution in [2.24, 2.45) is 0 Å². The van der Waals surface area contributed by atoms with Gasteiger partial charge in [-0.15, -0.1) is 0 Å². The molecule has 0 saturated carbocycles. The van der Waals surface area contributed by atoms with Crippen LogP contribution in [0.25, 0.3) is 5.69 Å². The number of benzene rings is 2. The van der Waals surface area contributed by atoms with Gasteiger partial charge in [-0.05, 0) is 78.8 Å². The third-order valence-corrected chi connectivity index (χ3v) is 6.70. The first-order valence-corrected chi connectivity index (χ1v) is 11.9. The second-order valence-corrected chi connectivity index (χ2v) is 9.10. The van der Waals surface area contributed by atoms with Crippen LogP contribution >= 0.6 is 28.1 Å². The second kappa shape index (κ2) is 8.88. The fourth-order valence-corrected chi connectivity index (χ4v) is 5.06. The minimum absolute atomic E-state index is 0.0566. The summed E-state index contributed by atoms with van der Waals surface area (Å²) in [5.74, 6) is 0. The van der Waals surface area contributed by atoms with Crippen LogP contribution in [0.1, 0.15) is 36.0 Å². The molecule has 1 N–H and O–H groups in total. The smallest absolute Gasteiger partial charge is 0.174 e. The van der Waals surface area contributed by atoms with Gasteiger partial charge in [-0.25, -0.2) is 0 Å². The molecular formula is C26H23BrN4S. The van der Waals surface area contributed by atoms with Gasteiger partial charge in [0.15, 0.2) is 5.11 Å². The van der Waals surface area contributed by atoms with Crippen molar-refractivity contribution in [1.29, 1.82) is 0 Å². The van der Waals surface area contributed by atoms with Crippen molar-refractivity contribution in [1.82, 2.24) is 14.9 Å². The number of rotatable bonds is 5. The fourth-order valence-electron chi connectivity index (χ4n) is 4.32. The Morgan fingerprint density at radius 1 is 0.969 bits per heavy atom. The van der Waals surface area contributed by atoms with Gasteiger partial charge >= 0.3 is 0 Å². The Morgan fingerprint density at radius 2 is 1.81 bits per heavy atom. The summed E-state index contributed by atoms with van der Waals surface area (Å²) in [5.41, 5.74) is 5.59. The molecule has 1 saturated heterocycles. The van der Waals surface area contributed by atoms with Gasteiger partial charge in [0.2, 0.25) is 0 Å². The summed E-state index contributed by atoms with van der Waals surface area (Å²) in [4.78, 5) is 6.88. The van der Waals surface area contributed by atoms with E-state index in [0.29, 0.717) is 5.11 Å². The number of nitrogens with one attached hydrogen (secondary N) is 1. The second-order valence-electron chi connectivity index (χ2n) is 7.80. The van der Waals surface area contributed by atoms with Crippen molar-refractivity contribution in [2.75, 3.05) is 4.90 Å². The van der Waals surface area contributed by atoms with Gasteiger partial charge < -0.3 is 14.8 Å². The Kier molecular flexibility index (Phi) is 5.81. The SMILES string of the molecule is CCc1ccc(N2C(=S)N[C@@H](c3ccccn3)[C@@H]2c2cccn2-c2cccc(Br)c2)cc1. The van der Waals surface area contributed by atoms with Crippen molar-refractivity contribution < 1.29 is 0 Å². The molecule has 4 aromatic rings. The van der Waals surface area contributed by atoms with Gasteiger partial charge in [0.05, 0.1) is 11.7 Å². The Hall–Kier alpha value is -2.96. The molecule has 1 fully saturated rings. The van der Waals surface area contributed by atoms with E-state index in [1.165, 1.54) is 5.56 Å². The summed E-state index contributed by atoms with van der Waals surface area (Å²) in [6, 6.07) is 27.2. The lowest BCUT2D eigenvalue weighted by molar-refractivity contribution is 0.549. The molecule has 1 aliphatic rings. The van der Waals surface area contributed by atoms with Gasteiger partial charge in [-0.3, -0.25) is 4.98 Å². The topological polar surface area (TPSA) is 33.1 Å². The molecule has 0 aliphatic carbocycles. The summed E-state index contributed by atoms with van der Waals surface area (Å²) in [5, 5.41) is 4.25. The van der Waals surface area contributed by atoms with Crippen molar-refractivity contribution in [3.63, 3.8) is 0 Å². The first-order valence-electron chi connectivity index (χ1n) is 10.7. The van der Waals surface area contributed by atoms with Crippen molar-refractivity contribution in [3.8, 4) is 5.69 Å². The standard InChI is InChI=1S/C26H23BrN4S/c1-2-18-11-13-20(14-12-18)31-25(24(29-26(31)32)22-9-3-4-15-28-22)23-10-6-16-30(23)21-8-5-7-19(27)17-21/h3-17,24-25H,2H2,1H3,(H,29,32)/t24-,25-/m0/s1. The number of hydrogen-bond acceptors (Lipinski definition) is 2. The van der Waals surface area contributed by atoms with Gasteiger partial charge in [0.1, 0.15) is 6.04 Å². The maximum Gasteiger partial charge on any atom is 0.174 e. The number of aromatic nitrogens is 2. The summed E-state index contributed by atoms with van der Waals surface area (Å²) >= 11 is 9.47. The van der Waals surface area contributed by atoms with Crippen LogP contribution in [-0.2, 0) is 6.42 Å². The highest BCUT2D eigenvalue weighted by Gasteiger charge is 2.42. The van der Waals surface area contributed by atoms with E-state index < -0.39 is 0 Å². The monoisotopic (exact) mass is 502 g/mol. The maximum absolute atomic E-state index is 5.86. The lowest BCUT2D eigenvalue weighted by atomic mass is 10.0. The average molecular weight is 503 g/mol. The molecule has 0 bridgehead atoms. The quantitative estimate of drug-likeness (QED) is 0.321. The number of pyridine rings is 1. The normalized spacial score (nSPS) is 18.1. The molecular weight excluding hydrogens is 480 g/mol. The molecule has 1 aliphatic heterocycles. The predicted octanol–water partition coefficient (Wildman–Crippen LogP) is 6.37. The highest BCUT2D eigenvalue weighted by molar-refractivity contribution is 9.10. The van der Waals surface area contributed by atoms with Gasteiger partial charge in [0.25, 0.3) is 0 Å². The Bertz CT molecular complexity index is 1240. The molecule has 2 atom stereocenters. The third kappa shape index (κ3) is 3.85. The predicted molar refractivity (Wildman–Crippen MR) is 137 cm³/mol. The van der Waals surface area contributed by atoms with Gasteiger partial charge in [-0.2, -0.15) is 0 Å². The molecule has 5 rings (SSSR count). The molecule has 6 heteroatoms. The van der Waals surface area contributed by atoms with Crippen LogP contribution in [-0.4, -0.2) is 14.7 Å². The maximum atomic E-state index is 5.86. The summed E-state index contributed by atoms with van der Waals surface area (Å²) in [6.07, 6.45) is 4.95. The lowest BCUT2D eigenvalue weighted by Crippen LogP contribution is -2.30. The minimum Gasteiger partial charge on any atom is -0.351 e. The zero-order valence-electron chi connectivity index (χ0n) is 17.6. The van der Waals surface area contributed by atoms with Crippen LogP contribution in [0.4, 0.5) is 5.69 Å². The number of thiocarbonyl (C=S) groups is 1. The van der Waals surface area contributed by atoms with E-state index >= 15 is 0 Å². The van der Waals surface area contributed by atoms with Crippen molar-refractivity contribution in [3.05, 3.63) is 113 Å². The molecule has 2 aromatic carbocycles. The van der Waals surface area contributed by atoms with Crippen LogP contribution in [0.5, 0.6) is 0 Å². The largest absolute Gasteiger partial charge is 0.351 e. The molecule has 160 valence electrons. The average Bonchev–Trinajstić information content (AvgIpc) is 3.44. The number of nitrogens with zero attached hydrogens (tertiary/aromatic N) is 3. The molecule has 2 aromatic heterocycles. The van der Waals surface area contributed by atoms with Crippen LogP contribution in [0.15, 0.2) is 95.7 Å². The van der Waals surface area contributed by atoms with E-state index in [2.05, 4.69) is 109 Å². The third-order valence-electron chi connectivity index (χ3n) is 5.89. The van der Waals surface area contributed by atoms with Gasteiger partial charge in [0, 0.05) is 33.9 Å². The molecule has 0 radical (unpaired) electrons. The first-order chi connectivity index (χ1) is 15.7. The number of aryl methyl sites for hydroxylation is 1. The van der Waals surface area contributed by atoms with E-state index in [1.807, 2.05) is 24.4 Å². The minimum atomic E-state index is -0.0737. The summed E-state index contributed by atoms with van der Waals surface area (Å²) in [6.45, 7) is 2.17. The Morgan fingerprint density at radius 3 is 2.53 bits per heavy atom. The van der Waals surface area contributed by atoms with Crippen LogP contribution in [0.3, 0.4) is 0 Å². The summed E-state index contributed by atoms with van der Waals surface area (Å²) < 4.78 is 3.27. The van der Waals surface area contributed by atoms with Crippen LogP contribution in [0, 0.1) is 0 Å². The summed E-state index contributed by atoms with van der Waals surface area (Å²) in [7, 11) is 0. The fraction of sp³-hybridized carbons (Fsp3) is 0.154. The van der Waals surface area contributed by atoms with E-state index in [1.54, 1.807) is 0 Å². The molecule has 4 nitrogen and oxygen atoms in total. The van der Waals surface area contributed by atoms with Crippen molar-refractivity contribution in [2.45, 2.75) is 25.4 Å². The molecule has 32 heavy (non-hydrogen) atoms. The van der Waals surface area contributed by atoms with Crippen LogP contribution in [0.2, 0.25) is 0 Å². The number of hydrogen-bond donors (Lipinski definition) is 1. The number of halogens is 1. The highest BCUT2D eigenvalue weighted by atomic mass is 79.9. The molecule has 3 heterocycles. The molecule has 0 amide bonds. The van der Waals surface area contributed by atoms with E-state index in [-0.39, 0.29) is 12.1 Å². The van der Waals surface area contributed by atoms with Crippen LogP contribution < -0.4 is 10.2 Å². The van der Waals surface area contributed by atoms with Gasteiger partial charge in [-0.1, -0.05) is 47.1 Å².